The van der Waals surface area contributed by atoms with Gasteiger partial charge in [-0.15, -0.1) is 0 Å². The second kappa shape index (κ2) is 5.40. The Hall–Kier alpha value is -1.35. The molecule has 1 N–H and O–H groups in total. The van der Waals surface area contributed by atoms with Gasteiger partial charge in [-0.1, -0.05) is 30.3 Å². The maximum absolute atomic E-state index is 11.1. The third kappa shape index (κ3) is 4.05. The predicted molar refractivity (Wildman–Crippen MR) is 52.5 cm³/mol. The second-order valence-corrected chi connectivity index (χ2v) is 3.06. The summed E-state index contributed by atoms with van der Waals surface area (Å²) in [7, 11) is 0. The first-order valence-corrected chi connectivity index (χ1v) is 4.39. The molecule has 0 fully saturated rings. The summed E-state index contributed by atoms with van der Waals surface area (Å²) in [6.45, 7) is 1.42. The molecule has 1 atom stereocenters. The van der Waals surface area contributed by atoms with E-state index >= 15 is 0 Å². The second-order valence-electron chi connectivity index (χ2n) is 3.06. The van der Waals surface area contributed by atoms with Crippen molar-refractivity contribution in [1.82, 2.24) is 0 Å². The third-order valence-corrected chi connectivity index (χ3v) is 1.64. The fraction of sp³-hybridized carbons (Fsp3) is 0.364. The Morgan fingerprint density at radius 2 is 2.21 bits per heavy atom. The molecule has 0 heterocycles. The number of rotatable bonds is 4. The lowest BCUT2D eigenvalue weighted by Crippen LogP contribution is -2.12. The molecule has 1 aromatic rings. The van der Waals surface area contributed by atoms with Gasteiger partial charge in [0.05, 0.1) is 13.9 Å². The van der Waals surface area contributed by atoms with Crippen LogP contribution in [0.3, 0.4) is 0 Å². The molecule has 1 rings (SSSR count). The van der Waals surface area contributed by atoms with E-state index in [1.165, 1.54) is 6.92 Å². The van der Waals surface area contributed by atoms with Crippen molar-refractivity contribution in [2.45, 2.75) is 26.0 Å². The number of hydrogen-bond acceptors (Lipinski definition) is 3. The van der Waals surface area contributed by atoms with E-state index in [-0.39, 0.29) is 13.0 Å². The first kappa shape index (κ1) is 9.21. The van der Waals surface area contributed by atoms with Crippen molar-refractivity contribution >= 4 is 5.97 Å². The SMILES string of the molecule is [2H][C@](C)(O)CC(=O)OCc1ccccc1. The number of ether oxygens (including phenoxy) is 1. The van der Waals surface area contributed by atoms with Gasteiger partial charge in [-0.25, -0.2) is 0 Å². The minimum atomic E-state index is -1.76. The van der Waals surface area contributed by atoms with E-state index in [1.54, 1.807) is 0 Å². The molecular weight excluding hydrogens is 180 g/mol. The number of esters is 1. The van der Waals surface area contributed by atoms with Crippen LogP contribution in [0.2, 0.25) is 0 Å². The quantitative estimate of drug-likeness (QED) is 0.740. The minimum absolute atomic E-state index is 0.176. The lowest BCUT2D eigenvalue weighted by Gasteiger charge is -2.05. The fourth-order valence-corrected chi connectivity index (χ4v) is 0.998. The highest BCUT2D eigenvalue weighted by molar-refractivity contribution is 5.69. The van der Waals surface area contributed by atoms with Crippen molar-refractivity contribution in [3.8, 4) is 0 Å². The van der Waals surface area contributed by atoms with Crippen LogP contribution < -0.4 is 0 Å². The van der Waals surface area contributed by atoms with E-state index in [0.717, 1.165) is 5.56 Å². The molecule has 14 heavy (non-hydrogen) atoms. The molecule has 0 amide bonds. The molecule has 0 aromatic heterocycles. The van der Waals surface area contributed by atoms with Crippen molar-refractivity contribution in [3.05, 3.63) is 35.9 Å². The Morgan fingerprint density at radius 1 is 1.57 bits per heavy atom. The van der Waals surface area contributed by atoms with Crippen LogP contribution in [0, 0.1) is 0 Å². The Balaban J connectivity index is 2.35. The summed E-state index contributed by atoms with van der Waals surface area (Å²) < 4.78 is 12.0. The number of benzene rings is 1. The molecule has 0 bridgehead atoms. The number of carbonyl (C=O) groups is 1. The van der Waals surface area contributed by atoms with Crippen LogP contribution in [0.15, 0.2) is 30.3 Å². The lowest BCUT2D eigenvalue weighted by molar-refractivity contribution is -0.146. The zero-order valence-corrected chi connectivity index (χ0v) is 8.06. The first-order valence-electron chi connectivity index (χ1n) is 4.89. The first-order chi connectivity index (χ1) is 6.97. The van der Waals surface area contributed by atoms with Crippen LogP contribution >= 0.6 is 0 Å². The van der Waals surface area contributed by atoms with E-state index in [0.29, 0.717) is 0 Å². The van der Waals surface area contributed by atoms with Gasteiger partial charge in [0.1, 0.15) is 6.61 Å². The zero-order chi connectivity index (χ0) is 11.3. The van der Waals surface area contributed by atoms with E-state index in [2.05, 4.69) is 0 Å². The van der Waals surface area contributed by atoms with Gasteiger partial charge in [-0.05, 0) is 12.5 Å². The maximum atomic E-state index is 11.1. The van der Waals surface area contributed by atoms with Gasteiger partial charge < -0.3 is 9.84 Å². The zero-order valence-electron chi connectivity index (χ0n) is 9.06. The Kier molecular flexibility index (Phi) is 3.55. The summed E-state index contributed by atoms with van der Waals surface area (Å²) in [5.74, 6) is -0.571. The van der Waals surface area contributed by atoms with E-state index in [1.807, 2.05) is 30.3 Å². The number of hydrogen-bond donors (Lipinski definition) is 1. The molecule has 3 nitrogen and oxygen atoms in total. The van der Waals surface area contributed by atoms with Gasteiger partial charge in [0.2, 0.25) is 0 Å². The van der Waals surface area contributed by atoms with Gasteiger partial charge in [0.15, 0.2) is 0 Å². The lowest BCUT2D eigenvalue weighted by atomic mass is 10.2. The molecule has 3 heteroatoms. The van der Waals surface area contributed by atoms with E-state index in [4.69, 9.17) is 11.2 Å². The third-order valence-electron chi connectivity index (χ3n) is 1.64. The van der Waals surface area contributed by atoms with Crippen LogP contribution in [-0.4, -0.2) is 17.2 Å². The molecule has 76 valence electrons. The maximum Gasteiger partial charge on any atom is 0.308 e. The van der Waals surface area contributed by atoms with Gasteiger partial charge in [-0.2, -0.15) is 0 Å². The average Bonchev–Trinajstić information content (AvgIpc) is 2.14. The number of aliphatic hydroxyl groups is 1. The van der Waals surface area contributed by atoms with Gasteiger partial charge in [0.25, 0.3) is 0 Å². The molecule has 0 radical (unpaired) electrons. The summed E-state index contributed by atoms with van der Waals surface area (Å²) >= 11 is 0. The standard InChI is InChI=1S/C11H14O3/c1-9(12)7-11(13)14-8-10-5-3-2-4-6-10/h2-6,9,12H,7-8H2,1H3/t9-/m1/s1/i9D. The molecule has 0 saturated carbocycles. The van der Waals surface area contributed by atoms with Gasteiger partial charge >= 0.3 is 5.97 Å². The fourth-order valence-electron chi connectivity index (χ4n) is 0.998. The van der Waals surface area contributed by atoms with Crippen molar-refractivity contribution in [1.29, 1.82) is 0 Å². The van der Waals surface area contributed by atoms with Crippen molar-refractivity contribution in [2.75, 3.05) is 0 Å². The van der Waals surface area contributed by atoms with Crippen molar-refractivity contribution in [3.63, 3.8) is 0 Å². The van der Waals surface area contributed by atoms with Crippen molar-refractivity contribution < 1.29 is 16.0 Å². The average molecular weight is 195 g/mol. The van der Waals surface area contributed by atoms with Crippen LogP contribution in [0.25, 0.3) is 0 Å². The summed E-state index contributed by atoms with van der Waals surface area (Å²) in [6, 6.07) is 9.26. The number of carbonyl (C=O) groups excluding carboxylic acids is 1. The summed E-state index contributed by atoms with van der Waals surface area (Å²) in [5.41, 5.74) is 0.885. The van der Waals surface area contributed by atoms with Crippen LogP contribution in [0.5, 0.6) is 0 Å². The van der Waals surface area contributed by atoms with E-state index in [9.17, 15) is 4.79 Å². The summed E-state index contributed by atoms with van der Waals surface area (Å²) in [4.78, 5) is 11.1. The molecule has 0 saturated heterocycles. The topological polar surface area (TPSA) is 46.5 Å². The van der Waals surface area contributed by atoms with Crippen LogP contribution in [-0.2, 0) is 16.1 Å². The van der Waals surface area contributed by atoms with Gasteiger partial charge in [0, 0.05) is 0 Å². The largest absolute Gasteiger partial charge is 0.461 e. The predicted octanol–water partition coefficient (Wildman–Crippen LogP) is 1.50. The smallest absolute Gasteiger partial charge is 0.308 e. The highest BCUT2D eigenvalue weighted by Crippen LogP contribution is 2.02. The highest BCUT2D eigenvalue weighted by atomic mass is 16.5. The molecule has 0 aliphatic heterocycles. The van der Waals surface area contributed by atoms with Gasteiger partial charge in [-0.3, -0.25) is 4.79 Å². The van der Waals surface area contributed by atoms with E-state index < -0.39 is 12.0 Å². The Labute approximate surface area is 84.7 Å². The summed E-state index contributed by atoms with van der Waals surface area (Å²) in [5, 5.41) is 9.05. The normalized spacial score (nSPS) is 15.4. The molecule has 0 aliphatic rings. The Morgan fingerprint density at radius 3 is 2.79 bits per heavy atom. The molecule has 0 spiro atoms. The molecular formula is C11H14O3. The van der Waals surface area contributed by atoms with Crippen LogP contribution in [0.1, 0.15) is 20.3 Å². The highest BCUT2D eigenvalue weighted by Gasteiger charge is 2.06. The molecule has 1 aromatic carbocycles. The Bertz CT molecular complexity index is 316. The monoisotopic (exact) mass is 195 g/mol. The molecule has 0 unspecified atom stereocenters. The van der Waals surface area contributed by atoms with Crippen molar-refractivity contribution in [2.24, 2.45) is 0 Å². The van der Waals surface area contributed by atoms with Crippen LogP contribution in [0.4, 0.5) is 0 Å². The summed E-state index contributed by atoms with van der Waals surface area (Å²) in [6.07, 6.45) is -2.08. The molecule has 0 aliphatic carbocycles. The minimum Gasteiger partial charge on any atom is -0.461 e.